The molecule has 0 bridgehead atoms. The summed E-state index contributed by atoms with van der Waals surface area (Å²) in [5, 5.41) is 3.66. The van der Waals surface area contributed by atoms with E-state index in [0.29, 0.717) is 16.9 Å². The summed E-state index contributed by atoms with van der Waals surface area (Å²) in [6, 6.07) is 2.31. The van der Waals surface area contributed by atoms with Gasteiger partial charge in [-0.25, -0.2) is 4.98 Å². The smallest absolute Gasteiger partial charge is 0.151 e. The fourth-order valence-corrected chi connectivity index (χ4v) is 1.35. The third kappa shape index (κ3) is 1.26. The van der Waals surface area contributed by atoms with Crippen LogP contribution in [0, 0.1) is 0 Å². The number of aromatic nitrogens is 1. The first-order valence-corrected chi connectivity index (χ1v) is 4.29. The zero-order chi connectivity index (χ0) is 8.55. The molecule has 4 heteroatoms. The average molecular weight is 184 g/mol. The summed E-state index contributed by atoms with van der Waals surface area (Å²) in [5.74, 6) is 0. The van der Waals surface area contributed by atoms with Crippen molar-refractivity contribution in [2.75, 3.05) is 12.3 Å². The molecule has 0 aliphatic carbocycles. The van der Waals surface area contributed by atoms with Crippen molar-refractivity contribution in [2.24, 2.45) is 0 Å². The van der Waals surface area contributed by atoms with Crippen molar-refractivity contribution in [1.82, 2.24) is 10.3 Å². The normalized spacial score (nSPS) is 21.9. The van der Waals surface area contributed by atoms with E-state index < -0.39 is 0 Å². The topological polar surface area (TPSA) is 50.9 Å². The summed E-state index contributed by atoms with van der Waals surface area (Å²) < 4.78 is 0. The third-order valence-electron chi connectivity index (χ3n) is 2.11. The van der Waals surface area contributed by atoms with Crippen LogP contribution in [0.2, 0.25) is 5.15 Å². The molecule has 0 amide bonds. The molecule has 1 aliphatic heterocycles. The molecule has 12 heavy (non-hydrogen) atoms. The molecule has 2 heterocycles. The van der Waals surface area contributed by atoms with Crippen molar-refractivity contribution in [1.29, 1.82) is 0 Å². The highest BCUT2D eigenvalue weighted by Gasteiger charge is 2.19. The van der Waals surface area contributed by atoms with Gasteiger partial charge in [0.25, 0.3) is 0 Å². The number of nitrogens with zero attached hydrogens (tertiary/aromatic N) is 1. The minimum atomic E-state index is 0.387. The standard InChI is InChI=1S/C8H10ClN3/c9-8-6(10)3-5(4-12-8)7-1-2-11-7/h3-4,7,11H,1-2,10H2/t7-/m0/s1. The first-order valence-electron chi connectivity index (χ1n) is 3.91. The Bertz CT molecular complexity index is 296. The molecule has 1 saturated heterocycles. The Morgan fingerprint density at radius 1 is 1.67 bits per heavy atom. The van der Waals surface area contributed by atoms with Gasteiger partial charge in [0.1, 0.15) is 0 Å². The van der Waals surface area contributed by atoms with Crippen molar-refractivity contribution in [3.05, 3.63) is 23.0 Å². The van der Waals surface area contributed by atoms with E-state index in [0.717, 1.165) is 18.5 Å². The quantitative estimate of drug-likeness (QED) is 0.647. The van der Waals surface area contributed by atoms with E-state index >= 15 is 0 Å². The Morgan fingerprint density at radius 3 is 2.92 bits per heavy atom. The highest BCUT2D eigenvalue weighted by Crippen LogP contribution is 2.25. The van der Waals surface area contributed by atoms with Gasteiger partial charge >= 0.3 is 0 Å². The molecule has 3 N–H and O–H groups in total. The van der Waals surface area contributed by atoms with Gasteiger partial charge in [0.05, 0.1) is 5.69 Å². The molecule has 1 aromatic heterocycles. The second kappa shape index (κ2) is 2.92. The number of pyridine rings is 1. The number of halogens is 1. The van der Waals surface area contributed by atoms with Gasteiger partial charge in [-0.1, -0.05) is 11.6 Å². The van der Waals surface area contributed by atoms with Crippen LogP contribution < -0.4 is 11.1 Å². The summed E-state index contributed by atoms with van der Waals surface area (Å²) in [4.78, 5) is 3.98. The van der Waals surface area contributed by atoms with Gasteiger partial charge in [0, 0.05) is 12.2 Å². The van der Waals surface area contributed by atoms with Crippen molar-refractivity contribution in [2.45, 2.75) is 12.5 Å². The predicted molar refractivity (Wildman–Crippen MR) is 49.0 cm³/mol. The summed E-state index contributed by atoms with van der Waals surface area (Å²) in [6.07, 6.45) is 2.93. The van der Waals surface area contributed by atoms with Gasteiger partial charge in [-0.2, -0.15) is 0 Å². The highest BCUT2D eigenvalue weighted by molar-refractivity contribution is 6.31. The fraction of sp³-hybridized carbons (Fsp3) is 0.375. The number of hydrogen-bond donors (Lipinski definition) is 2. The molecule has 1 fully saturated rings. The first-order chi connectivity index (χ1) is 5.77. The van der Waals surface area contributed by atoms with Gasteiger partial charge in [-0.15, -0.1) is 0 Å². The Hall–Kier alpha value is -0.800. The first kappa shape index (κ1) is 7.83. The van der Waals surface area contributed by atoms with Crippen LogP contribution in [0.4, 0.5) is 5.69 Å². The zero-order valence-electron chi connectivity index (χ0n) is 6.55. The average Bonchev–Trinajstić information content (AvgIpc) is 1.93. The molecule has 0 saturated carbocycles. The number of rotatable bonds is 1. The minimum Gasteiger partial charge on any atom is -0.396 e. The number of nitrogens with one attached hydrogen (secondary N) is 1. The second-order valence-corrected chi connectivity index (χ2v) is 3.30. The van der Waals surface area contributed by atoms with E-state index in [1.54, 1.807) is 6.20 Å². The molecule has 0 unspecified atom stereocenters. The lowest BCUT2D eigenvalue weighted by Gasteiger charge is -2.27. The molecule has 0 radical (unpaired) electrons. The lowest BCUT2D eigenvalue weighted by atomic mass is 10.00. The van der Waals surface area contributed by atoms with E-state index in [2.05, 4.69) is 10.3 Å². The molecule has 3 nitrogen and oxygen atoms in total. The lowest BCUT2D eigenvalue weighted by molar-refractivity contribution is 0.382. The predicted octanol–water partition coefficient (Wildman–Crippen LogP) is 1.35. The van der Waals surface area contributed by atoms with Crippen LogP contribution in [-0.4, -0.2) is 11.5 Å². The number of hydrogen-bond acceptors (Lipinski definition) is 3. The van der Waals surface area contributed by atoms with E-state index in [1.807, 2.05) is 6.07 Å². The molecule has 1 aliphatic rings. The van der Waals surface area contributed by atoms with Crippen LogP contribution in [0.15, 0.2) is 12.3 Å². The van der Waals surface area contributed by atoms with E-state index in [4.69, 9.17) is 17.3 Å². The van der Waals surface area contributed by atoms with Crippen molar-refractivity contribution in [3.63, 3.8) is 0 Å². The molecule has 1 aromatic rings. The monoisotopic (exact) mass is 183 g/mol. The highest BCUT2D eigenvalue weighted by atomic mass is 35.5. The summed E-state index contributed by atoms with van der Waals surface area (Å²) in [6.45, 7) is 1.08. The number of nitrogens with two attached hydrogens (primary N) is 1. The summed E-state index contributed by atoms with van der Waals surface area (Å²) in [7, 11) is 0. The van der Waals surface area contributed by atoms with Gasteiger partial charge in [-0.3, -0.25) is 0 Å². The van der Waals surface area contributed by atoms with Gasteiger partial charge < -0.3 is 11.1 Å². The Kier molecular flexibility index (Phi) is 1.90. The Morgan fingerprint density at radius 2 is 2.42 bits per heavy atom. The maximum Gasteiger partial charge on any atom is 0.151 e. The van der Waals surface area contributed by atoms with E-state index in [9.17, 15) is 0 Å². The molecule has 0 aromatic carbocycles. The van der Waals surface area contributed by atoms with Crippen LogP contribution >= 0.6 is 11.6 Å². The van der Waals surface area contributed by atoms with Crippen LogP contribution in [0.5, 0.6) is 0 Å². The van der Waals surface area contributed by atoms with Crippen molar-refractivity contribution in [3.8, 4) is 0 Å². The zero-order valence-corrected chi connectivity index (χ0v) is 7.30. The summed E-state index contributed by atoms with van der Waals surface area (Å²) >= 11 is 5.69. The Balaban J connectivity index is 2.27. The Labute approximate surface area is 75.9 Å². The fourth-order valence-electron chi connectivity index (χ4n) is 1.25. The largest absolute Gasteiger partial charge is 0.396 e. The van der Waals surface area contributed by atoms with Crippen molar-refractivity contribution >= 4 is 17.3 Å². The molecular weight excluding hydrogens is 174 g/mol. The van der Waals surface area contributed by atoms with Gasteiger partial charge in [0.2, 0.25) is 0 Å². The molecular formula is C8H10ClN3. The number of nitrogen functional groups attached to an aromatic ring is 1. The lowest BCUT2D eigenvalue weighted by Crippen LogP contribution is -2.35. The number of anilines is 1. The summed E-state index contributed by atoms with van der Waals surface area (Å²) in [5.41, 5.74) is 7.30. The molecule has 2 rings (SSSR count). The maximum absolute atomic E-state index is 5.69. The maximum atomic E-state index is 5.69. The molecule has 1 atom stereocenters. The van der Waals surface area contributed by atoms with Crippen molar-refractivity contribution < 1.29 is 0 Å². The molecule has 0 spiro atoms. The SMILES string of the molecule is Nc1cc([C@@H]2CCN2)cnc1Cl. The third-order valence-corrected chi connectivity index (χ3v) is 2.43. The van der Waals surface area contributed by atoms with Crippen LogP contribution in [0.3, 0.4) is 0 Å². The van der Waals surface area contributed by atoms with Gasteiger partial charge in [-0.05, 0) is 24.6 Å². The van der Waals surface area contributed by atoms with Crippen LogP contribution in [-0.2, 0) is 0 Å². The second-order valence-electron chi connectivity index (χ2n) is 2.94. The van der Waals surface area contributed by atoms with Gasteiger partial charge in [0.15, 0.2) is 5.15 Å². The minimum absolute atomic E-state index is 0.387. The van der Waals surface area contributed by atoms with Crippen LogP contribution in [0.1, 0.15) is 18.0 Å². The van der Waals surface area contributed by atoms with Crippen LogP contribution in [0.25, 0.3) is 0 Å². The molecule has 64 valence electrons. The van der Waals surface area contributed by atoms with E-state index in [-0.39, 0.29) is 0 Å². The van der Waals surface area contributed by atoms with E-state index in [1.165, 1.54) is 0 Å².